The van der Waals surface area contributed by atoms with Crippen molar-refractivity contribution in [3.63, 3.8) is 0 Å². The van der Waals surface area contributed by atoms with Gasteiger partial charge in [-0.15, -0.1) is 10.2 Å². The van der Waals surface area contributed by atoms with Gasteiger partial charge in [-0.3, -0.25) is 4.57 Å². The Morgan fingerprint density at radius 2 is 1.89 bits per heavy atom. The maximum atomic E-state index is 4.31. The molecule has 6 heteroatoms. The standard InChI is InChI=1S/C13H20N6/c1-5-11-10(8-9(4)15-16-11)12-17-18-13(14-6-2)19(12)7-3/h8H,5-7H2,1-4H3,(H,14,18). The molecule has 0 saturated carbocycles. The normalized spacial score (nSPS) is 10.7. The highest BCUT2D eigenvalue weighted by Gasteiger charge is 2.16. The van der Waals surface area contributed by atoms with E-state index in [0.717, 1.165) is 48.2 Å². The quantitative estimate of drug-likeness (QED) is 0.891. The van der Waals surface area contributed by atoms with E-state index in [-0.39, 0.29) is 0 Å². The van der Waals surface area contributed by atoms with Crippen LogP contribution in [0.25, 0.3) is 11.4 Å². The van der Waals surface area contributed by atoms with Crippen molar-refractivity contribution in [3.8, 4) is 11.4 Å². The van der Waals surface area contributed by atoms with E-state index in [1.807, 2.05) is 19.9 Å². The summed E-state index contributed by atoms with van der Waals surface area (Å²) >= 11 is 0. The van der Waals surface area contributed by atoms with Crippen molar-refractivity contribution in [2.75, 3.05) is 11.9 Å². The van der Waals surface area contributed by atoms with Crippen molar-refractivity contribution in [2.24, 2.45) is 0 Å². The molecule has 2 rings (SSSR count). The van der Waals surface area contributed by atoms with Crippen molar-refractivity contribution in [1.82, 2.24) is 25.0 Å². The summed E-state index contributed by atoms with van der Waals surface area (Å²) in [6.07, 6.45) is 0.829. The van der Waals surface area contributed by atoms with Crippen LogP contribution in [-0.2, 0) is 13.0 Å². The number of nitrogens with zero attached hydrogens (tertiary/aromatic N) is 5. The first-order valence-electron chi connectivity index (χ1n) is 6.71. The average Bonchev–Trinajstić information content (AvgIpc) is 2.82. The lowest BCUT2D eigenvalue weighted by Crippen LogP contribution is -2.08. The van der Waals surface area contributed by atoms with Crippen LogP contribution < -0.4 is 5.32 Å². The second-order valence-corrected chi connectivity index (χ2v) is 4.32. The summed E-state index contributed by atoms with van der Waals surface area (Å²) in [6, 6.07) is 2.03. The third-order valence-electron chi connectivity index (χ3n) is 2.97. The monoisotopic (exact) mass is 260 g/mol. The Morgan fingerprint density at radius 1 is 1.11 bits per heavy atom. The molecule has 0 aliphatic carbocycles. The molecule has 2 aromatic heterocycles. The first kappa shape index (κ1) is 13.5. The van der Waals surface area contributed by atoms with Gasteiger partial charge in [0.15, 0.2) is 5.82 Å². The molecule has 1 N–H and O–H groups in total. The Labute approximate surface area is 113 Å². The molecule has 19 heavy (non-hydrogen) atoms. The molecule has 2 heterocycles. The summed E-state index contributed by atoms with van der Waals surface area (Å²) in [5, 5.41) is 20.1. The van der Waals surface area contributed by atoms with E-state index in [2.05, 4.69) is 44.1 Å². The first-order valence-corrected chi connectivity index (χ1v) is 6.71. The lowest BCUT2D eigenvalue weighted by Gasteiger charge is -2.10. The smallest absolute Gasteiger partial charge is 0.224 e. The second kappa shape index (κ2) is 5.77. The predicted molar refractivity (Wildman–Crippen MR) is 75.0 cm³/mol. The van der Waals surface area contributed by atoms with Crippen LogP contribution in [0, 0.1) is 6.92 Å². The van der Waals surface area contributed by atoms with Crippen LogP contribution in [-0.4, -0.2) is 31.5 Å². The molecule has 0 radical (unpaired) electrons. The lowest BCUT2D eigenvalue weighted by atomic mass is 10.1. The first-order chi connectivity index (χ1) is 9.21. The SMILES string of the molecule is CCNc1nnc(-c2cc(C)nnc2CC)n1CC. The highest BCUT2D eigenvalue weighted by atomic mass is 15.3. The van der Waals surface area contributed by atoms with Crippen molar-refractivity contribution < 1.29 is 0 Å². The predicted octanol–water partition coefficient (Wildman–Crippen LogP) is 2.06. The number of nitrogens with one attached hydrogen (secondary N) is 1. The van der Waals surface area contributed by atoms with E-state index >= 15 is 0 Å². The van der Waals surface area contributed by atoms with E-state index in [9.17, 15) is 0 Å². The molecule has 6 nitrogen and oxygen atoms in total. The van der Waals surface area contributed by atoms with Crippen molar-refractivity contribution in [1.29, 1.82) is 0 Å². The minimum absolute atomic E-state index is 0.802. The van der Waals surface area contributed by atoms with Gasteiger partial charge in [-0.05, 0) is 33.3 Å². The lowest BCUT2D eigenvalue weighted by molar-refractivity contribution is 0.766. The van der Waals surface area contributed by atoms with Crippen molar-refractivity contribution in [3.05, 3.63) is 17.5 Å². The molecule has 0 saturated heterocycles. The summed E-state index contributed by atoms with van der Waals surface area (Å²) in [6.45, 7) is 9.78. The Hall–Kier alpha value is -1.98. The van der Waals surface area contributed by atoms with Gasteiger partial charge < -0.3 is 5.32 Å². The Morgan fingerprint density at radius 3 is 2.53 bits per heavy atom. The van der Waals surface area contributed by atoms with Gasteiger partial charge >= 0.3 is 0 Å². The second-order valence-electron chi connectivity index (χ2n) is 4.32. The van der Waals surface area contributed by atoms with E-state index < -0.39 is 0 Å². The number of anilines is 1. The number of hydrogen-bond donors (Lipinski definition) is 1. The number of aryl methyl sites for hydroxylation is 2. The summed E-state index contributed by atoms with van der Waals surface area (Å²) in [5.41, 5.74) is 2.87. The molecule has 2 aromatic rings. The van der Waals surface area contributed by atoms with Gasteiger partial charge in [0.05, 0.1) is 11.4 Å². The highest BCUT2D eigenvalue weighted by Crippen LogP contribution is 2.23. The zero-order valence-electron chi connectivity index (χ0n) is 11.9. The average molecular weight is 260 g/mol. The molecule has 0 aliphatic heterocycles. The zero-order valence-corrected chi connectivity index (χ0v) is 11.9. The van der Waals surface area contributed by atoms with Crippen molar-refractivity contribution >= 4 is 5.95 Å². The van der Waals surface area contributed by atoms with Crippen LogP contribution in [0.3, 0.4) is 0 Å². The van der Waals surface area contributed by atoms with Crippen LogP contribution in [0.2, 0.25) is 0 Å². The van der Waals surface area contributed by atoms with Gasteiger partial charge in [0, 0.05) is 18.7 Å². The minimum Gasteiger partial charge on any atom is -0.355 e. The zero-order chi connectivity index (χ0) is 13.8. The molecule has 102 valence electrons. The molecule has 0 amide bonds. The Balaban J connectivity index is 2.55. The maximum absolute atomic E-state index is 4.31. The topological polar surface area (TPSA) is 68.5 Å². The van der Waals surface area contributed by atoms with Crippen LogP contribution in [0.5, 0.6) is 0 Å². The van der Waals surface area contributed by atoms with Crippen molar-refractivity contribution in [2.45, 2.75) is 40.7 Å². The molecule has 0 spiro atoms. The molecular weight excluding hydrogens is 240 g/mol. The van der Waals surface area contributed by atoms with E-state index in [1.165, 1.54) is 0 Å². The van der Waals surface area contributed by atoms with Gasteiger partial charge in [-0.1, -0.05) is 6.92 Å². The van der Waals surface area contributed by atoms with E-state index in [1.54, 1.807) is 0 Å². The van der Waals surface area contributed by atoms with Gasteiger partial charge in [0.1, 0.15) is 0 Å². The number of aromatic nitrogens is 5. The highest BCUT2D eigenvalue weighted by molar-refractivity contribution is 5.60. The molecular formula is C13H20N6. The van der Waals surface area contributed by atoms with E-state index in [0.29, 0.717) is 0 Å². The summed E-state index contributed by atoms with van der Waals surface area (Å²) < 4.78 is 2.07. The van der Waals surface area contributed by atoms with Gasteiger partial charge in [-0.25, -0.2) is 0 Å². The van der Waals surface area contributed by atoms with Gasteiger partial charge in [0.25, 0.3) is 0 Å². The summed E-state index contributed by atoms with van der Waals surface area (Å²) in [5.74, 6) is 1.66. The van der Waals surface area contributed by atoms with Gasteiger partial charge in [0.2, 0.25) is 5.95 Å². The van der Waals surface area contributed by atoms with E-state index in [4.69, 9.17) is 0 Å². The summed E-state index contributed by atoms with van der Waals surface area (Å²) in [4.78, 5) is 0. The molecule has 0 fully saturated rings. The van der Waals surface area contributed by atoms with Crippen LogP contribution >= 0.6 is 0 Å². The molecule has 0 unspecified atom stereocenters. The number of hydrogen-bond acceptors (Lipinski definition) is 5. The number of rotatable bonds is 5. The molecule has 0 aromatic carbocycles. The largest absolute Gasteiger partial charge is 0.355 e. The Bertz CT molecular complexity index is 560. The van der Waals surface area contributed by atoms with Crippen LogP contribution in [0.4, 0.5) is 5.95 Å². The maximum Gasteiger partial charge on any atom is 0.224 e. The van der Waals surface area contributed by atoms with Crippen LogP contribution in [0.15, 0.2) is 6.07 Å². The fourth-order valence-corrected chi connectivity index (χ4v) is 2.06. The third kappa shape index (κ3) is 2.57. The minimum atomic E-state index is 0.802. The molecule has 0 bridgehead atoms. The summed E-state index contributed by atoms with van der Waals surface area (Å²) in [7, 11) is 0. The fourth-order valence-electron chi connectivity index (χ4n) is 2.06. The fraction of sp³-hybridized carbons (Fsp3) is 0.538. The van der Waals surface area contributed by atoms with Crippen LogP contribution in [0.1, 0.15) is 32.2 Å². The third-order valence-corrected chi connectivity index (χ3v) is 2.97. The van der Waals surface area contributed by atoms with Gasteiger partial charge in [-0.2, -0.15) is 10.2 Å². The molecule has 0 aliphatic rings. The molecule has 0 atom stereocenters. The Kier molecular flexibility index (Phi) is 4.09.